The third-order valence-corrected chi connectivity index (χ3v) is 4.80. The van der Waals surface area contributed by atoms with Crippen molar-refractivity contribution < 1.29 is 4.79 Å². The van der Waals surface area contributed by atoms with E-state index in [1.807, 2.05) is 18.2 Å². The molecular weight excluding hydrogens is 379 g/mol. The van der Waals surface area contributed by atoms with Crippen molar-refractivity contribution in [1.82, 2.24) is 10.2 Å². The molecule has 6 heteroatoms. The van der Waals surface area contributed by atoms with E-state index in [-0.39, 0.29) is 5.69 Å². The number of amides is 1. The van der Waals surface area contributed by atoms with Crippen molar-refractivity contribution in [3.8, 4) is 0 Å². The number of carbonyl (C=O) groups is 1. The molecule has 1 fully saturated rings. The van der Waals surface area contributed by atoms with E-state index in [9.17, 15) is 4.79 Å². The van der Waals surface area contributed by atoms with Crippen LogP contribution < -0.4 is 11.1 Å². The Bertz CT molecular complexity index is 699. The Hall–Kier alpha value is -1.44. The lowest BCUT2D eigenvalue weighted by molar-refractivity contribution is 0.0995. The molecule has 21 heavy (non-hydrogen) atoms. The number of anilines is 1. The Morgan fingerprint density at radius 1 is 1.48 bits per heavy atom. The molecule has 1 heterocycles. The maximum Gasteiger partial charge on any atom is 0.271 e. The summed E-state index contributed by atoms with van der Waals surface area (Å²) >= 11 is 2.31. The number of hydrogen-bond donors (Lipinski definition) is 2. The quantitative estimate of drug-likeness (QED) is 0.602. The van der Waals surface area contributed by atoms with Crippen molar-refractivity contribution in [3.63, 3.8) is 0 Å². The zero-order valence-corrected chi connectivity index (χ0v) is 13.9. The van der Waals surface area contributed by atoms with Crippen LogP contribution >= 0.6 is 22.6 Å². The van der Waals surface area contributed by atoms with Crippen LogP contribution in [-0.4, -0.2) is 22.1 Å². The second-order valence-electron chi connectivity index (χ2n) is 5.54. The van der Waals surface area contributed by atoms with E-state index in [0.29, 0.717) is 17.6 Å². The molecule has 0 bridgehead atoms. The zero-order valence-electron chi connectivity index (χ0n) is 11.8. The number of benzene rings is 1. The highest BCUT2D eigenvalue weighted by atomic mass is 127. The van der Waals surface area contributed by atoms with Crippen LogP contribution in [0.25, 0.3) is 10.9 Å². The van der Waals surface area contributed by atoms with Crippen LogP contribution in [0.2, 0.25) is 0 Å². The smallest absolute Gasteiger partial charge is 0.271 e. The molecule has 1 aromatic carbocycles. The van der Waals surface area contributed by atoms with Crippen molar-refractivity contribution >= 4 is 45.1 Å². The Morgan fingerprint density at radius 2 is 2.24 bits per heavy atom. The van der Waals surface area contributed by atoms with Gasteiger partial charge in [-0.25, -0.2) is 0 Å². The number of nitrogens with two attached hydrogens (primary N) is 1. The number of halogens is 1. The number of fused-ring (bicyclic) bond motifs is 1. The van der Waals surface area contributed by atoms with Gasteiger partial charge in [-0.15, -0.1) is 10.2 Å². The summed E-state index contributed by atoms with van der Waals surface area (Å²) in [6, 6.07) is 6.35. The average molecular weight is 396 g/mol. The molecular formula is C15H17IN4O. The molecule has 3 rings (SSSR count). The minimum absolute atomic E-state index is 0.220. The third kappa shape index (κ3) is 2.95. The summed E-state index contributed by atoms with van der Waals surface area (Å²) in [5.74, 6) is 0.121. The van der Waals surface area contributed by atoms with Crippen LogP contribution in [0, 0.1) is 5.92 Å². The molecule has 1 aromatic heterocycles. The lowest BCUT2D eigenvalue weighted by Crippen LogP contribution is -2.23. The van der Waals surface area contributed by atoms with Crippen LogP contribution in [0.3, 0.4) is 0 Å². The molecule has 0 spiro atoms. The van der Waals surface area contributed by atoms with Crippen molar-refractivity contribution in [2.24, 2.45) is 11.7 Å². The summed E-state index contributed by atoms with van der Waals surface area (Å²) < 4.78 is 0.911. The highest BCUT2D eigenvalue weighted by Crippen LogP contribution is 2.35. The fraction of sp³-hybridized carbons (Fsp3) is 0.400. The van der Waals surface area contributed by atoms with Crippen LogP contribution in [0.1, 0.15) is 35.8 Å². The van der Waals surface area contributed by atoms with Crippen LogP contribution in [0.4, 0.5) is 5.69 Å². The first kappa shape index (κ1) is 14.5. The van der Waals surface area contributed by atoms with Gasteiger partial charge >= 0.3 is 0 Å². The van der Waals surface area contributed by atoms with Gasteiger partial charge in [0.2, 0.25) is 0 Å². The summed E-state index contributed by atoms with van der Waals surface area (Å²) in [5, 5.41) is 12.5. The first-order valence-corrected chi connectivity index (χ1v) is 8.54. The van der Waals surface area contributed by atoms with Gasteiger partial charge in [-0.05, 0) is 37.3 Å². The second kappa shape index (κ2) is 5.75. The SMILES string of the molecule is CC(Nc1c(C(N)=O)nnc2cc(CI)ccc12)C1CC1. The Kier molecular flexibility index (Phi) is 3.97. The van der Waals surface area contributed by atoms with Crippen LogP contribution in [0.5, 0.6) is 0 Å². The monoisotopic (exact) mass is 396 g/mol. The van der Waals surface area contributed by atoms with Gasteiger partial charge in [-0.2, -0.15) is 0 Å². The summed E-state index contributed by atoms with van der Waals surface area (Å²) in [4.78, 5) is 11.6. The van der Waals surface area contributed by atoms with E-state index >= 15 is 0 Å². The maximum atomic E-state index is 11.6. The van der Waals surface area contributed by atoms with E-state index in [1.54, 1.807) is 0 Å². The van der Waals surface area contributed by atoms with E-state index in [0.717, 1.165) is 15.3 Å². The molecule has 5 nitrogen and oxygen atoms in total. The highest BCUT2D eigenvalue weighted by Gasteiger charge is 2.29. The minimum Gasteiger partial charge on any atom is -0.380 e. The number of hydrogen-bond acceptors (Lipinski definition) is 4. The minimum atomic E-state index is -0.548. The second-order valence-corrected chi connectivity index (χ2v) is 6.31. The van der Waals surface area contributed by atoms with Gasteiger partial charge in [0.25, 0.3) is 5.91 Å². The number of aromatic nitrogens is 2. The first-order valence-electron chi connectivity index (χ1n) is 7.01. The van der Waals surface area contributed by atoms with Crippen molar-refractivity contribution in [1.29, 1.82) is 0 Å². The molecule has 1 amide bonds. The highest BCUT2D eigenvalue weighted by molar-refractivity contribution is 14.1. The normalized spacial score (nSPS) is 15.9. The third-order valence-electron chi connectivity index (χ3n) is 3.91. The molecule has 0 aliphatic heterocycles. The molecule has 1 aliphatic carbocycles. The van der Waals surface area contributed by atoms with Gasteiger partial charge in [-0.1, -0.05) is 34.7 Å². The molecule has 1 saturated carbocycles. The van der Waals surface area contributed by atoms with E-state index in [4.69, 9.17) is 5.73 Å². The summed E-state index contributed by atoms with van der Waals surface area (Å²) in [7, 11) is 0. The summed E-state index contributed by atoms with van der Waals surface area (Å²) in [6.07, 6.45) is 2.46. The number of carbonyl (C=O) groups excluding carboxylic acids is 1. The number of primary amides is 1. The molecule has 3 N–H and O–H groups in total. The van der Waals surface area contributed by atoms with Gasteiger partial charge in [0.1, 0.15) is 0 Å². The topological polar surface area (TPSA) is 80.9 Å². The predicted molar refractivity (Wildman–Crippen MR) is 91.6 cm³/mol. The molecule has 0 radical (unpaired) electrons. The maximum absolute atomic E-state index is 11.6. The van der Waals surface area contributed by atoms with Crippen molar-refractivity contribution in [3.05, 3.63) is 29.5 Å². The fourth-order valence-corrected chi connectivity index (χ4v) is 2.97. The molecule has 110 valence electrons. The number of nitrogens with zero attached hydrogens (tertiary/aromatic N) is 2. The van der Waals surface area contributed by atoms with Gasteiger partial charge in [0.05, 0.1) is 11.2 Å². The lowest BCUT2D eigenvalue weighted by atomic mass is 10.1. The van der Waals surface area contributed by atoms with E-state index in [1.165, 1.54) is 18.4 Å². The average Bonchev–Trinajstić information content (AvgIpc) is 3.31. The molecule has 1 unspecified atom stereocenters. The van der Waals surface area contributed by atoms with Gasteiger partial charge in [0.15, 0.2) is 5.69 Å². The van der Waals surface area contributed by atoms with Crippen LogP contribution in [0.15, 0.2) is 18.2 Å². The predicted octanol–water partition coefficient (Wildman–Crippen LogP) is 2.87. The number of rotatable bonds is 5. The summed E-state index contributed by atoms with van der Waals surface area (Å²) in [6.45, 7) is 2.13. The molecule has 1 aliphatic rings. The molecule has 2 aromatic rings. The Balaban J connectivity index is 2.10. The van der Waals surface area contributed by atoms with E-state index < -0.39 is 5.91 Å². The Morgan fingerprint density at radius 3 is 2.86 bits per heavy atom. The standard InChI is InChI=1S/C15H17IN4O/c1-8(10-3-4-10)18-13-11-5-2-9(7-16)6-12(11)19-20-14(13)15(17)21/h2,5-6,8,10H,3-4,7H2,1H3,(H2,17,21)(H,18,19). The lowest BCUT2D eigenvalue weighted by Gasteiger charge is -2.17. The van der Waals surface area contributed by atoms with Crippen LogP contribution in [-0.2, 0) is 4.43 Å². The fourth-order valence-electron chi connectivity index (χ4n) is 2.50. The zero-order chi connectivity index (χ0) is 15.0. The van der Waals surface area contributed by atoms with Gasteiger partial charge < -0.3 is 11.1 Å². The van der Waals surface area contributed by atoms with Gasteiger partial charge in [0, 0.05) is 15.9 Å². The number of nitrogens with one attached hydrogen (secondary N) is 1. The largest absolute Gasteiger partial charge is 0.380 e. The van der Waals surface area contributed by atoms with Gasteiger partial charge in [-0.3, -0.25) is 4.79 Å². The molecule has 1 atom stereocenters. The summed E-state index contributed by atoms with van der Waals surface area (Å²) in [5.41, 5.74) is 8.36. The Labute approximate surface area is 136 Å². The first-order chi connectivity index (χ1) is 10.1. The number of alkyl halides is 1. The van der Waals surface area contributed by atoms with Crippen molar-refractivity contribution in [2.45, 2.75) is 30.2 Å². The van der Waals surface area contributed by atoms with Crippen molar-refractivity contribution in [2.75, 3.05) is 5.32 Å². The molecule has 0 saturated heterocycles. The van der Waals surface area contributed by atoms with E-state index in [2.05, 4.69) is 45.0 Å².